The molecule has 0 aliphatic heterocycles. The van der Waals surface area contributed by atoms with Gasteiger partial charge in [-0.05, 0) is 31.9 Å². The highest BCUT2D eigenvalue weighted by Crippen LogP contribution is 2.17. The Labute approximate surface area is 108 Å². The van der Waals surface area contributed by atoms with Gasteiger partial charge in [-0.1, -0.05) is 13.0 Å². The topological polar surface area (TPSA) is 65.8 Å². The van der Waals surface area contributed by atoms with Gasteiger partial charge in [0, 0.05) is 18.7 Å². The summed E-state index contributed by atoms with van der Waals surface area (Å²) in [6.45, 7) is 4.00. The third kappa shape index (κ3) is 4.54. The van der Waals surface area contributed by atoms with E-state index in [9.17, 15) is 4.79 Å². The van der Waals surface area contributed by atoms with E-state index in [2.05, 4.69) is 16.4 Å². The van der Waals surface area contributed by atoms with E-state index in [1.807, 2.05) is 32.0 Å². The standard InChI is InChI=1S/C14H19N3O/c1-3-11(2)17-14(18)8-7-12(10-15)13-6-4-5-9-16-13/h4-6,9,11-12H,3,7-8H2,1-2H3,(H,17,18). The summed E-state index contributed by atoms with van der Waals surface area (Å²) in [5, 5.41) is 12.0. The molecule has 0 aliphatic rings. The van der Waals surface area contributed by atoms with Crippen molar-refractivity contribution < 1.29 is 4.79 Å². The average Bonchev–Trinajstić information content (AvgIpc) is 2.40. The van der Waals surface area contributed by atoms with Gasteiger partial charge >= 0.3 is 0 Å². The van der Waals surface area contributed by atoms with Crippen LogP contribution in [0.15, 0.2) is 24.4 Å². The van der Waals surface area contributed by atoms with Crippen LogP contribution in [0.25, 0.3) is 0 Å². The first-order valence-corrected chi connectivity index (χ1v) is 6.27. The van der Waals surface area contributed by atoms with Gasteiger partial charge in [-0.3, -0.25) is 9.78 Å². The fraction of sp³-hybridized carbons (Fsp3) is 0.500. The van der Waals surface area contributed by atoms with Gasteiger partial charge in [0.05, 0.1) is 17.7 Å². The highest BCUT2D eigenvalue weighted by atomic mass is 16.1. The van der Waals surface area contributed by atoms with Crippen molar-refractivity contribution in [3.63, 3.8) is 0 Å². The van der Waals surface area contributed by atoms with E-state index in [0.29, 0.717) is 12.8 Å². The first-order chi connectivity index (χ1) is 8.67. The molecule has 0 fully saturated rings. The number of pyridine rings is 1. The van der Waals surface area contributed by atoms with Crippen molar-refractivity contribution in [2.24, 2.45) is 0 Å². The van der Waals surface area contributed by atoms with Crippen LogP contribution in [0.1, 0.15) is 44.7 Å². The van der Waals surface area contributed by atoms with Gasteiger partial charge < -0.3 is 5.32 Å². The molecule has 4 heteroatoms. The molecule has 0 aliphatic carbocycles. The van der Waals surface area contributed by atoms with Crippen LogP contribution in [-0.2, 0) is 4.79 Å². The van der Waals surface area contributed by atoms with Gasteiger partial charge in [-0.2, -0.15) is 5.26 Å². The van der Waals surface area contributed by atoms with Crippen molar-refractivity contribution in [2.75, 3.05) is 0 Å². The molecule has 0 saturated carbocycles. The summed E-state index contributed by atoms with van der Waals surface area (Å²) in [7, 11) is 0. The van der Waals surface area contributed by atoms with E-state index in [4.69, 9.17) is 5.26 Å². The van der Waals surface area contributed by atoms with Crippen molar-refractivity contribution in [2.45, 2.75) is 45.1 Å². The Balaban J connectivity index is 2.46. The van der Waals surface area contributed by atoms with Crippen molar-refractivity contribution in [1.82, 2.24) is 10.3 Å². The third-order valence-electron chi connectivity index (χ3n) is 2.88. The molecule has 4 nitrogen and oxygen atoms in total. The quantitative estimate of drug-likeness (QED) is 0.836. The molecule has 0 saturated heterocycles. The second kappa shape index (κ2) is 7.44. The maximum Gasteiger partial charge on any atom is 0.220 e. The van der Waals surface area contributed by atoms with E-state index >= 15 is 0 Å². The van der Waals surface area contributed by atoms with E-state index in [0.717, 1.165) is 12.1 Å². The lowest BCUT2D eigenvalue weighted by Gasteiger charge is -2.12. The highest BCUT2D eigenvalue weighted by molar-refractivity contribution is 5.76. The summed E-state index contributed by atoms with van der Waals surface area (Å²) in [6, 6.07) is 7.87. The molecule has 1 heterocycles. The summed E-state index contributed by atoms with van der Waals surface area (Å²) >= 11 is 0. The van der Waals surface area contributed by atoms with Crippen molar-refractivity contribution in [3.05, 3.63) is 30.1 Å². The van der Waals surface area contributed by atoms with Crippen LogP contribution in [0.2, 0.25) is 0 Å². The van der Waals surface area contributed by atoms with E-state index in [-0.39, 0.29) is 17.9 Å². The summed E-state index contributed by atoms with van der Waals surface area (Å²) in [5.74, 6) is -0.311. The summed E-state index contributed by atoms with van der Waals surface area (Å²) < 4.78 is 0. The summed E-state index contributed by atoms with van der Waals surface area (Å²) in [5.41, 5.74) is 0.733. The van der Waals surface area contributed by atoms with Crippen LogP contribution >= 0.6 is 0 Å². The number of amides is 1. The monoisotopic (exact) mass is 245 g/mol. The fourth-order valence-electron chi connectivity index (χ4n) is 1.59. The molecular weight excluding hydrogens is 226 g/mol. The number of carbonyl (C=O) groups excluding carboxylic acids is 1. The fourth-order valence-corrected chi connectivity index (χ4v) is 1.59. The van der Waals surface area contributed by atoms with E-state index in [1.165, 1.54) is 0 Å². The van der Waals surface area contributed by atoms with Crippen molar-refractivity contribution in [1.29, 1.82) is 5.26 Å². The zero-order chi connectivity index (χ0) is 13.4. The molecule has 0 radical (unpaired) electrons. The number of rotatable bonds is 6. The predicted octanol–water partition coefficient (Wildman–Crippen LogP) is 2.38. The minimum atomic E-state index is -0.311. The molecule has 1 aromatic heterocycles. The molecule has 1 rings (SSSR count). The van der Waals surface area contributed by atoms with Gasteiger partial charge in [-0.15, -0.1) is 0 Å². The minimum absolute atomic E-state index is 0.000492. The van der Waals surface area contributed by atoms with Gasteiger partial charge in [0.1, 0.15) is 0 Å². The maximum atomic E-state index is 11.6. The number of hydrogen-bond donors (Lipinski definition) is 1. The molecule has 96 valence electrons. The van der Waals surface area contributed by atoms with Gasteiger partial charge in [-0.25, -0.2) is 0 Å². The largest absolute Gasteiger partial charge is 0.354 e. The minimum Gasteiger partial charge on any atom is -0.354 e. The summed E-state index contributed by atoms with van der Waals surface area (Å²) in [4.78, 5) is 15.8. The van der Waals surface area contributed by atoms with Crippen LogP contribution in [0, 0.1) is 11.3 Å². The van der Waals surface area contributed by atoms with Crippen molar-refractivity contribution in [3.8, 4) is 6.07 Å². The number of carbonyl (C=O) groups is 1. The molecule has 0 spiro atoms. The van der Waals surface area contributed by atoms with Crippen LogP contribution in [0.5, 0.6) is 0 Å². The highest BCUT2D eigenvalue weighted by Gasteiger charge is 2.14. The Morgan fingerprint density at radius 1 is 1.56 bits per heavy atom. The van der Waals surface area contributed by atoms with E-state index < -0.39 is 0 Å². The number of nitriles is 1. The number of nitrogens with one attached hydrogen (secondary N) is 1. The van der Waals surface area contributed by atoms with Crippen LogP contribution in [0.4, 0.5) is 0 Å². The zero-order valence-corrected chi connectivity index (χ0v) is 10.9. The van der Waals surface area contributed by atoms with Gasteiger partial charge in [0.25, 0.3) is 0 Å². The number of aromatic nitrogens is 1. The molecule has 0 bridgehead atoms. The summed E-state index contributed by atoms with van der Waals surface area (Å²) in [6.07, 6.45) is 3.45. The molecule has 18 heavy (non-hydrogen) atoms. The first-order valence-electron chi connectivity index (χ1n) is 6.27. The lowest BCUT2D eigenvalue weighted by atomic mass is 10.00. The smallest absolute Gasteiger partial charge is 0.220 e. The molecule has 2 unspecified atom stereocenters. The predicted molar refractivity (Wildman–Crippen MR) is 69.7 cm³/mol. The molecular formula is C14H19N3O. The molecule has 2 atom stereocenters. The second-order valence-electron chi connectivity index (χ2n) is 4.35. The lowest BCUT2D eigenvalue weighted by molar-refractivity contribution is -0.121. The average molecular weight is 245 g/mol. The molecule has 0 aromatic carbocycles. The second-order valence-corrected chi connectivity index (χ2v) is 4.35. The van der Waals surface area contributed by atoms with Gasteiger partial charge in [0.15, 0.2) is 0 Å². The van der Waals surface area contributed by atoms with E-state index in [1.54, 1.807) is 6.20 Å². The Kier molecular flexibility index (Phi) is 5.86. The van der Waals surface area contributed by atoms with Crippen molar-refractivity contribution >= 4 is 5.91 Å². The SMILES string of the molecule is CCC(C)NC(=O)CCC(C#N)c1ccccn1. The Bertz CT molecular complexity index is 411. The first kappa shape index (κ1) is 14.2. The zero-order valence-electron chi connectivity index (χ0n) is 10.9. The number of nitrogens with zero attached hydrogens (tertiary/aromatic N) is 2. The number of hydrogen-bond acceptors (Lipinski definition) is 3. The lowest BCUT2D eigenvalue weighted by Crippen LogP contribution is -2.31. The maximum absolute atomic E-state index is 11.6. The van der Waals surface area contributed by atoms with Crippen LogP contribution < -0.4 is 5.32 Å². The Morgan fingerprint density at radius 3 is 2.89 bits per heavy atom. The Morgan fingerprint density at radius 2 is 2.33 bits per heavy atom. The van der Waals surface area contributed by atoms with Crippen LogP contribution in [-0.4, -0.2) is 16.9 Å². The third-order valence-corrected chi connectivity index (χ3v) is 2.88. The van der Waals surface area contributed by atoms with Crippen LogP contribution in [0.3, 0.4) is 0 Å². The normalized spacial score (nSPS) is 13.4. The molecule has 1 amide bonds. The Hall–Kier alpha value is -1.89. The molecule has 1 N–H and O–H groups in total. The molecule has 1 aromatic rings. The van der Waals surface area contributed by atoms with Gasteiger partial charge in [0.2, 0.25) is 5.91 Å².